The molecule has 3 heterocycles. The van der Waals surface area contributed by atoms with Crippen LogP contribution in [0.3, 0.4) is 0 Å². The Labute approximate surface area is 187 Å². The predicted molar refractivity (Wildman–Crippen MR) is 127 cm³/mol. The van der Waals surface area contributed by atoms with Crippen LogP contribution >= 0.6 is 0 Å². The second-order valence-corrected chi connectivity index (χ2v) is 8.24. The molecule has 0 bridgehead atoms. The maximum absolute atomic E-state index is 6.09. The first-order chi connectivity index (χ1) is 15.7. The molecule has 0 saturated heterocycles. The summed E-state index contributed by atoms with van der Waals surface area (Å²) >= 11 is 0. The average Bonchev–Trinajstić information content (AvgIpc) is 3.46. The summed E-state index contributed by atoms with van der Waals surface area (Å²) in [6.45, 7) is 1.15. The second kappa shape index (κ2) is 8.92. The summed E-state index contributed by atoms with van der Waals surface area (Å²) in [7, 11) is 0. The summed E-state index contributed by atoms with van der Waals surface area (Å²) < 4.78 is 2.25. The first-order valence-corrected chi connectivity index (χ1v) is 11.2. The molecule has 0 aliphatic heterocycles. The lowest BCUT2D eigenvalue weighted by atomic mass is 10.1. The molecule has 0 radical (unpaired) electrons. The monoisotopic (exact) mass is 428 g/mol. The number of hydrogen-bond acceptors (Lipinski definition) is 7. The quantitative estimate of drug-likeness (QED) is 0.410. The standard InChI is InChI=1S/C24H28N8/c25-13-12-20-29-21-22(30-24(26)31-23(21)32(20)18-5-1-2-6-18)28-15-16-8-10-17(11-9-16)19-7-3-4-14-27-19/h3-4,7-11,14,18H,1-2,5-6,12-13,15,25H2,(H3,26,28,30,31). The number of nitrogens with zero attached hydrogens (tertiary/aromatic N) is 5. The van der Waals surface area contributed by atoms with Crippen molar-refractivity contribution >= 4 is 22.9 Å². The van der Waals surface area contributed by atoms with Crippen LogP contribution in [0.5, 0.6) is 0 Å². The van der Waals surface area contributed by atoms with Crippen LogP contribution in [-0.2, 0) is 13.0 Å². The Morgan fingerprint density at radius 1 is 1.00 bits per heavy atom. The third-order valence-corrected chi connectivity index (χ3v) is 6.06. The molecular weight excluding hydrogens is 400 g/mol. The highest BCUT2D eigenvalue weighted by molar-refractivity contribution is 5.85. The van der Waals surface area contributed by atoms with Crippen LogP contribution in [0, 0.1) is 0 Å². The van der Waals surface area contributed by atoms with Crippen molar-refractivity contribution in [3.63, 3.8) is 0 Å². The molecule has 32 heavy (non-hydrogen) atoms. The summed E-state index contributed by atoms with van der Waals surface area (Å²) in [5.41, 5.74) is 16.7. The molecule has 5 N–H and O–H groups in total. The fourth-order valence-corrected chi connectivity index (χ4v) is 4.52. The number of aromatic nitrogens is 5. The molecule has 8 nitrogen and oxygen atoms in total. The fraction of sp³-hybridized carbons (Fsp3) is 0.333. The Balaban J connectivity index is 1.42. The Morgan fingerprint density at radius 3 is 2.53 bits per heavy atom. The average molecular weight is 429 g/mol. The van der Waals surface area contributed by atoms with Crippen molar-refractivity contribution in [1.29, 1.82) is 0 Å². The summed E-state index contributed by atoms with van der Waals surface area (Å²) in [4.78, 5) is 18.3. The van der Waals surface area contributed by atoms with Gasteiger partial charge in [-0.2, -0.15) is 9.97 Å². The minimum Gasteiger partial charge on any atom is -0.368 e. The zero-order valence-electron chi connectivity index (χ0n) is 18.0. The van der Waals surface area contributed by atoms with Gasteiger partial charge in [0.2, 0.25) is 5.95 Å². The molecule has 8 heteroatoms. The van der Waals surface area contributed by atoms with E-state index in [2.05, 4.69) is 49.1 Å². The topological polar surface area (TPSA) is 121 Å². The molecule has 1 aliphatic rings. The van der Waals surface area contributed by atoms with Gasteiger partial charge >= 0.3 is 0 Å². The summed E-state index contributed by atoms with van der Waals surface area (Å²) in [6, 6.07) is 14.7. The highest BCUT2D eigenvalue weighted by atomic mass is 15.2. The molecule has 5 rings (SSSR count). The fourth-order valence-electron chi connectivity index (χ4n) is 4.52. The Morgan fingerprint density at radius 2 is 1.81 bits per heavy atom. The summed E-state index contributed by atoms with van der Waals surface area (Å²) in [5, 5.41) is 3.42. The molecule has 1 saturated carbocycles. The third-order valence-electron chi connectivity index (χ3n) is 6.06. The Kier molecular flexibility index (Phi) is 5.68. The van der Waals surface area contributed by atoms with Crippen molar-refractivity contribution < 1.29 is 0 Å². The van der Waals surface area contributed by atoms with Crippen molar-refractivity contribution in [2.24, 2.45) is 5.73 Å². The smallest absolute Gasteiger partial charge is 0.224 e. The van der Waals surface area contributed by atoms with E-state index in [4.69, 9.17) is 16.5 Å². The number of nitrogen functional groups attached to an aromatic ring is 1. The normalized spacial score (nSPS) is 14.3. The Bertz CT molecular complexity index is 1190. The lowest BCUT2D eigenvalue weighted by molar-refractivity contribution is 0.507. The maximum Gasteiger partial charge on any atom is 0.224 e. The van der Waals surface area contributed by atoms with Crippen molar-refractivity contribution in [3.05, 3.63) is 60.0 Å². The van der Waals surface area contributed by atoms with Crippen LogP contribution in [0.4, 0.5) is 11.8 Å². The first-order valence-electron chi connectivity index (χ1n) is 11.2. The molecule has 164 valence electrons. The Hall–Kier alpha value is -3.52. The van der Waals surface area contributed by atoms with Gasteiger partial charge in [0.25, 0.3) is 0 Å². The number of nitrogens with two attached hydrogens (primary N) is 2. The van der Waals surface area contributed by atoms with Gasteiger partial charge in [0.05, 0.1) is 5.69 Å². The lowest BCUT2D eigenvalue weighted by Crippen LogP contribution is -2.14. The number of nitrogens with one attached hydrogen (secondary N) is 1. The van der Waals surface area contributed by atoms with E-state index in [1.54, 1.807) is 6.20 Å². The summed E-state index contributed by atoms with van der Waals surface area (Å²) in [6.07, 6.45) is 7.25. The number of fused-ring (bicyclic) bond motifs is 1. The number of rotatable bonds is 7. The van der Waals surface area contributed by atoms with Crippen LogP contribution in [0.2, 0.25) is 0 Å². The number of hydrogen-bond donors (Lipinski definition) is 3. The van der Waals surface area contributed by atoms with Gasteiger partial charge in [0.1, 0.15) is 5.82 Å². The molecule has 3 aromatic heterocycles. The first kappa shape index (κ1) is 20.4. The van der Waals surface area contributed by atoms with Gasteiger partial charge < -0.3 is 21.4 Å². The van der Waals surface area contributed by atoms with Crippen LogP contribution in [0.25, 0.3) is 22.4 Å². The van der Waals surface area contributed by atoms with E-state index in [-0.39, 0.29) is 5.95 Å². The van der Waals surface area contributed by atoms with E-state index >= 15 is 0 Å². The van der Waals surface area contributed by atoms with Gasteiger partial charge in [-0.05, 0) is 37.1 Å². The zero-order valence-corrected chi connectivity index (χ0v) is 18.0. The van der Waals surface area contributed by atoms with Crippen LogP contribution < -0.4 is 16.8 Å². The SMILES string of the molecule is NCCc1nc2c(NCc3ccc(-c4ccccn4)cc3)nc(N)nc2n1C1CCCC1. The van der Waals surface area contributed by atoms with Crippen molar-refractivity contribution in [3.8, 4) is 11.3 Å². The van der Waals surface area contributed by atoms with Gasteiger partial charge in [0, 0.05) is 30.8 Å². The third kappa shape index (κ3) is 4.01. The number of anilines is 2. The van der Waals surface area contributed by atoms with Crippen LogP contribution in [0.1, 0.15) is 43.1 Å². The predicted octanol–water partition coefficient (Wildman–Crippen LogP) is 3.70. The molecule has 4 aromatic rings. The minimum absolute atomic E-state index is 0.254. The van der Waals surface area contributed by atoms with E-state index in [1.165, 1.54) is 12.8 Å². The number of imidazole rings is 1. The van der Waals surface area contributed by atoms with E-state index in [9.17, 15) is 0 Å². The van der Waals surface area contributed by atoms with Crippen LogP contribution in [-0.4, -0.2) is 31.0 Å². The lowest BCUT2D eigenvalue weighted by Gasteiger charge is -2.15. The van der Waals surface area contributed by atoms with E-state index < -0.39 is 0 Å². The molecule has 0 unspecified atom stereocenters. The molecule has 0 amide bonds. The zero-order chi connectivity index (χ0) is 21.9. The maximum atomic E-state index is 6.09. The highest BCUT2D eigenvalue weighted by Gasteiger charge is 2.25. The van der Waals surface area contributed by atoms with Gasteiger partial charge in [-0.25, -0.2) is 4.98 Å². The van der Waals surface area contributed by atoms with Gasteiger partial charge in [-0.3, -0.25) is 4.98 Å². The summed E-state index contributed by atoms with van der Waals surface area (Å²) in [5.74, 6) is 1.89. The van der Waals surface area contributed by atoms with E-state index in [0.717, 1.165) is 46.7 Å². The number of benzene rings is 1. The highest BCUT2D eigenvalue weighted by Crippen LogP contribution is 2.34. The van der Waals surface area contributed by atoms with E-state index in [0.29, 0.717) is 31.4 Å². The molecule has 1 aromatic carbocycles. The number of pyridine rings is 1. The molecular formula is C24H28N8. The molecule has 1 aliphatic carbocycles. The minimum atomic E-state index is 0.254. The molecule has 1 fully saturated rings. The van der Waals surface area contributed by atoms with Crippen molar-refractivity contribution in [2.75, 3.05) is 17.6 Å². The van der Waals surface area contributed by atoms with Crippen LogP contribution in [0.15, 0.2) is 48.7 Å². The van der Waals surface area contributed by atoms with Crippen molar-refractivity contribution in [2.45, 2.75) is 44.7 Å². The molecule has 0 spiro atoms. The molecule has 0 atom stereocenters. The van der Waals surface area contributed by atoms with Gasteiger partial charge in [0.15, 0.2) is 17.0 Å². The van der Waals surface area contributed by atoms with Crippen molar-refractivity contribution in [1.82, 2.24) is 24.5 Å². The van der Waals surface area contributed by atoms with Gasteiger partial charge in [-0.15, -0.1) is 0 Å². The second-order valence-electron chi connectivity index (χ2n) is 8.24. The van der Waals surface area contributed by atoms with Gasteiger partial charge in [-0.1, -0.05) is 43.2 Å². The largest absolute Gasteiger partial charge is 0.368 e. The van der Waals surface area contributed by atoms with E-state index in [1.807, 2.05) is 18.2 Å².